The van der Waals surface area contributed by atoms with E-state index in [1.54, 1.807) is 50.8 Å². The predicted molar refractivity (Wildman–Crippen MR) is 97.1 cm³/mol. The summed E-state index contributed by atoms with van der Waals surface area (Å²) < 4.78 is 5.65. The van der Waals surface area contributed by atoms with Crippen LogP contribution in [0.4, 0.5) is 0 Å². The van der Waals surface area contributed by atoms with Crippen LogP contribution in [0.2, 0.25) is 0 Å². The second-order valence-corrected chi connectivity index (χ2v) is 7.03. The maximum absolute atomic E-state index is 12.2. The number of likely N-dealkylation sites (N-methyl/N-ethyl adjacent to an activating group) is 1. The molecule has 1 aromatic carbocycles. The molecule has 0 radical (unpaired) electrons. The number of carbonyl (C=O) groups is 1. The van der Waals surface area contributed by atoms with Crippen LogP contribution in [0.5, 0.6) is 0 Å². The van der Waals surface area contributed by atoms with E-state index in [4.69, 9.17) is 4.65 Å². The number of benzene rings is 1. The molecule has 6 heteroatoms. The van der Waals surface area contributed by atoms with Gasteiger partial charge in [-0.3, -0.25) is 4.79 Å². The van der Waals surface area contributed by atoms with Gasteiger partial charge in [-0.05, 0) is 52.6 Å². The summed E-state index contributed by atoms with van der Waals surface area (Å²) in [4.78, 5) is 14.0. The first-order chi connectivity index (χ1) is 11.0. The molecule has 0 aliphatic rings. The van der Waals surface area contributed by atoms with Crippen LogP contribution in [0.3, 0.4) is 0 Å². The van der Waals surface area contributed by atoms with Gasteiger partial charge in [-0.25, -0.2) is 0 Å². The summed E-state index contributed by atoms with van der Waals surface area (Å²) >= 11 is 0. The molecule has 0 saturated heterocycles. The molecule has 1 amide bonds. The summed E-state index contributed by atoms with van der Waals surface area (Å²) in [7, 11) is -1.17. The lowest BCUT2D eigenvalue weighted by Crippen LogP contribution is -2.53. The van der Waals surface area contributed by atoms with Gasteiger partial charge in [0.05, 0.1) is 17.6 Å². The molecule has 0 fully saturated rings. The number of rotatable bonds is 8. The van der Waals surface area contributed by atoms with Crippen LogP contribution >= 0.6 is 0 Å². The Morgan fingerprint density at radius 1 is 1.21 bits per heavy atom. The zero-order valence-electron chi connectivity index (χ0n) is 15.7. The molecule has 24 heavy (non-hydrogen) atoms. The van der Waals surface area contributed by atoms with Crippen molar-refractivity contribution >= 4 is 18.5 Å². The molecule has 0 unspecified atom stereocenters. The van der Waals surface area contributed by atoms with Crippen LogP contribution < -0.4 is 5.46 Å². The number of amides is 1. The Kier molecular flexibility index (Phi) is 7.02. The third-order valence-electron chi connectivity index (χ3n) is 4.59. The van der Waals surface area contributed by atoms with E-state index < -0.39 is 18.3 Å². The minimum atomic E-state index is -1.17. The Bertz CT molecular complexity index is 550. The van der Waals surface area contributed by atoms with Gasteiger partial charge in [0.25, 0.3) is 0 Å². The lowest BCUT2D eigenvalue weighted by Gasteiger charge is -2.38. The van der Waals surface area contributed by atoms with Crippen molar-refractivity contribution in [2.75, 3.05) is 13.1 Å². The van der Waals surface area contributed by atoms with Crippen LogP contribution in [0.15, 0.2) is 24.3 Å². The monoisotopic (exact) mass is 335 g/mol. The van der Waals surface area contributed by atoms with Crippen molar-refractivity contribution < 1.29 is 19.6 Å². The van der Waals surface area contributed by atoms with E-state index in [2.05, 4.69) is 0 Å². The highest BCUT2D eigenvalue weighted by Gasteiger charge is 2.39. The van der Waals surface area contributed by atoms with Crippen molar-refractivity contribution in [1.29, 1.82) is 0 Å². The second kappa shape index (κ2) is 8.14. The first-order valence-electron chi connectivity index (χ1n) is 8.46. The van der Waals surface area contributed by atoms with Gasteiger partial charge in [0.15, 0.2) is 0 Å². The summed E-state index contributed by atoms with van der Waals surface area (Å²) in [5, 5.41) is 20.5. The molecule has 0 spiro atoms. The van der Waals surface area contributed by atoms with Crippen molar-refractivity contribution in [2.24, 2.45) is 0 Å². The Balaban J connectivity index is 2.87. The molecule has 0 heterocycles. The van der Waals surface area contributed by atoms with Crippen molar-refractivity contribution in [2.45, 2.75) is 59.2 Å². The van der Waals surface area contributed by atoms with Crippen molar-refractivity contribution in [1.82, 2.24) is 4.90 Å². The fourth-order valence-electron chi connectivity index (χ4n) is 2.21. The predicted octanol–water partition coefficient (Wildman–Crippen LogP) is 1.35. The van der Waals surface area contributed by atoms with E-state index in [9.17, 15) is 14.9 Å². The van der Waals surface area contributed by atoms with Gasteiger partial charge in [-0.15, -0.1) is 0 Å². The zero-order valence-corrected chi connectivity index (χ0v) is 15.7. The molecule has 0 atom stereocenters. The number of carbonyl (C=O) groups excluding carboxylic acids is 1. The molecule has 0 aliphatic carbocycles. The van der Waals surface area contributed by atoms with Gasteiger partial charge in [0.2, 0.25) is 5.91 Å². The maximum atomic E-state index is 12.2. The number of hydrogen-bond donors (Lipinski definition) is 2. The molecular formula is C18H30BNO4. The van der Waals surface area contributed by atoms with E-state index in [0.29, 0.717) is 18.6 Å². The molecule has 0 aromatic heterocycles. The first kappa shape index (κ1) is 20.7. The maximum Gasteiger partial charge on any atom is 0.491 e. The number of aliphatic hydroxyl groups is 1. The highest BCUT2D eigenvalue weighted by molar-refractivity contribution is 6.60. The lowest BCUT2D eigenvalue weighted by molar-refractivity contribution is -0.130. The van der Waals surface area contributed by atoms with Gasteiger partial charge in [-0.1, -0.05) is 24.3 Å². The van der Waals surface area contributed by atoms with Crippen LogP contribution in [0.25, 0.3) is 0 Å². The highest BCUT2D eigenvalue weighted by atomic mass is 16.5. The Hall–Kier alpha value is -1.37. The molecule has 5 nitrogen and oxygen atoms in total. The van der Waals surface area contributed by atoms with E-state index in [0.717, 1.165) is 5.56 Å². The highest BCUT2D eigenvalue weighted by Crippen LogP contribution is 2.25. The van der Waals surface area contributed by atoms with Crippen LogP contribution in [0, 0.1) is 0 Å². The SMILES string of the molecule is CCN(CC)C(=O)Cc1cccc(B(O)OC(C)(C)C(C)(C)O)c1. The summed E-state index contributed by atoms with van der Waals surface area (Å²) in [5.41, 5.74) is -0.644. The minimum absolute atomic E-state index is 0.0596. The zero-order chi connectivity index (χ0) is 18.5. The minimum Gasteiger partial charge on any atom is -0.423 e. The third kappa shape index (κ3) is 5.33. The van der Waals surface area contributed by atoms with Gasteiger partial charge < -0.3 is 19.7 Å². The molecular weight excluding hydrogens is 305 g/mol. The number of hydrogen-bond acceptors (Lipinski definition) is 4. The van der Waals surface area contributed by atoms with Crippen LogP contribution in [0.1, 0.15) is 47.1 Å². The standard InChI is InChI=1S/C18H30BNO4/c1-7-20(8-2)16(21)13-14-10-9-11-15(12-14)19(23)24-18(5,6)17(3,4)22/h9-12,22-23H,7-8,13H2,1-6H3. The quantitative estimate of drug-likeness (QED) is 0.704. The number of nitrogens with zero attached hydrogens (tertiary/aromatic N) is 1. The van der Waals surface area contributed by atoms with E-state index in [1.165, 1.54) is 0 Å². The van der Waals surface area contributed by atoms with E-state index in [1.807, 2.05) is 19.9 Å². The summed E-state index contributed by atoms with van der Waals surface area (Å²) in [6, 6.07) is 7.17. The summed E-state index contributed by atoms with van der Waals surface area (Å²) in [5.74, 6) is 0.0596. The second-order valence-electron chi connectivity index (χ2n) is 7.03. The smallest absolute Gasteiger partial charge is 0.423 e. The van der Waals surface area contributed by atoms with Crippen molar-refractivity contribution in [3.05, 3.63) is 29.8 Å². The molecule has 0 saturated carbocycles. The fraction of sp³-hybridized carbons (Fsp3) is 0.611. The largest absolute Gasteiger partial charge is 0.491 e. The average Bonchev–Trinajstić information content (AvgIpc) is 2.47. The topological polar surface area (TPSA) is 70.0 Å². The Morgan fingerprint density at radius 2 is 1.79 bits per heavy atom. The molecule has 0 bridgehead atoms. The van der Waals surface area contributed by atoms with E-state index in [-0.39, 0.29) is 12.3 Å². The molecule has 1 rings (SSSR count). The van der Waals surface area contributed by atoms with Gasteiger partial charge in [0, 0.05) is 13.1 Å². The summed E-state index contributed by atoms with van der Waals surface area (Å²) in [6.07, 6.45) is 0.289. The average molecular weight is 335 g/mol. The molecule has 134 valence electrons. The van der Waals surface area contributed by atoms with Crippen molar-refractivity contribution in [3.8, 4) is 0 Å². The molecule has 0 aliphatic heterocycles. The van der Waals surface area contributed by atoms with Crippen LogP contribution in [-0.2, 0) is 15.9 Å². The first-order valence-corrected chi connectivity index (χ1v) is 8.46. The molecule has 2 N–H and O–H groups in total. The summed E-state index contributed by atoms with van der Waals surface area (Å²) in [6.45, 7) is 12.0. The van der Waals surface area contributed by atoms with Gasteiger partial charge in [0.1, 0.15) is 0 Å². The molecule has 1 aromatic rings. The third-order valence-corrected chi connectivity index (χ3v) is 4.59. The van der Waals surface area contributed by atoms with Crippen LogP contribution in [-0.4, -0.2) is 52.3 Å². The van der Waals surface area contributed by atoms with Gasteiger partial charge in [-0.2, -0.15) is 0 Å². The van der Waals surface area contributed by atoms with E-state index >= 15 is 0 Å². The Morgan fingerprint density at radius 3 is 2.29 bits per heavy atom. The Labute approximate surface area is 145 Å². The van der Waals surface area contributed by atoms with Gasteiger partial charge >= 0.3 is 7.12 Å². The normalized spacial score (nSPS) is 12.2. The lowest BCUT2D eigenvalue weighted by atomic mass is 9.76. The van der Waals surface area contributed by atoms with Crippen molar-refractivity contribution in [3.63, 3.8) is 0 Å². The fourth-order valence-corrected chi connectivity index (χ4v) is 2.21.